The van der Waals surface area contributed by atoms with Crippen LogP contribution in [0.1, 0.15) is 57.0 Å². The molecular weight excluding hydrogens is 238 g/mol. The van der Waals surface area contributed by atoms with Gasteiger partial charge in [-0.3, -0.25) is 0 Å². The summed E-state index contributed by atoms with van der Waals surface area (Å²) in [5, 5.41) is 3.38. The number of ether oxygens (including phenoxy) is 1. The Morgan fingerprint density at radius 2 is 2.11 bits per heavy atom. The fraction of sp³-hybridized carbons (Fsp3) is 0.733. The minimum absolute atomic E-state index is 0.251. The van der Waals surface area contributed by atoms with Crippen LogP contribution in [0.3, 0.4) is 0 Å². The molecule has 0 atom stereocenters. The van der Waals surface area contributed by atoms with E-state index in [-0.39, 0.29) is 5.60 Å². The maximum absolute atomic E-state index is 5.80. The summed E-state index contributed by atoms with van der Waals surface area (Å²) < 4.78 is 5.80. The molecule has 0 saturated heterocycles. The molecular formula is C15H25N3O. The van der Waals surface area contributed by atoms with Crippen LogP contribution < -0.4 is 5.32 Å². The molecule has 0 radical (unpaired) electrons. The van der Waals surface area contributed by atoms with Crippen LogP contribution in [0.15, 0.2) is 12.3 Å². The predicted octanol–water partition coefficient (Wildman–Crippen LogP) is 2.78. The average molecular weight is 263 g/mol. The largest absolute Gasteiger partial charge is 0.370 e. The van der Waals surface area contributed by atoms with Gasteiger partial charge in [-0.2, -0.15) is 0 Å². The normalized spacial score (nSPS) is 18.4. The third-order valence-electron chi connectivity index (χ3n) is 3.91. The molecule has 1 aromatic rings. The number of hydrogen-bond acceptors (Lipinski definition) is 4. The van der Waals surface area contributed by atoms with Crippen LogP contribution in [0, 0.1) is 0 Å². The van der Waals surface area contributed by atoms with Crippen LogP contribution in [0.4, 0.5) is 0 Å². The van der Waals surface area contributed by atoms with Gasteiger partial charge in [0.2, 0.25) is 0 Å². The molecule has 0 bridgehead atoms. The Bertz CT molecular complexity index is 389. The summed E-state index contributed by atoms with van der Waals surface area (Å²) in [5.41, 5.74) is 0.805. The van der Waals surface area contributed by atoms with E-state index in [1.54, 1.807) is 7.11 Å². The van der Waals surface area contributed by atoms with Crippen LogP contribution in [0.2, 0.25) is 0 Å². The Labute approximate surface area is 116 Å². The lowest BCUT2D eigenvalue weighted by molar-refractivity contribution is -0.0516. The summed E-state index contributed by atoms with van der Waals surface area (Å²) in [6.07, 6.45) is 8.78. The smallest absolute Gasteiger partial charge is 0.160 e. The van der Waals surface area contributed by atoms with Gasteiger partial charge in [-0.25, -0.2) is 9.97 Å². The van der Waals surface area contributed by atoms with E-state index < -0.39 is 0 Å². The first-order valence-electron chi connectivity index (χ1n) is 7.39. The van der Waals surface area contributed by atoms with Crippen molar-refractivity contribution in [2.45, 2.75) is 57.6 Å². The molecule has 19 heavy (non-hydrogen) atoms. The van der Waals surface area contributed by atoms with Crippen molar-refractivity contribution >= 4 is 0 Å². The molecule has 0 amide bonds. The highest BCUT2D eigenvalue weighted by Gasteiger charge is 2.36. The SMILES string of the molecule is CCCNCc1ccnc(C2(OC)CCCCC2)n1. The summed E-state index contributed by atoms with van der Waals surface area (Å²) in [7, 11) is 1.79. The minimum Gasteiger partial charge on any atom is -0.370 e. The standard InChI is InChI=1S/C15H25N3O/c1-3-10-16-12-13-7-11-17-14(18-13)15(19-2)8-5-4-6-9-15/h7,11,16H,3-6,8-10,12H2,1-2H3. The third-order valence-corrected chi connectivity index (χ3v) is 3.91. The summed E-state index contributed by atoms with van der Waals surface area (Å²) >= 11 is 0. The van der Waals surface area contributed by atoms with Crippen LogP contribution >= 0.6 is 0 Å². The first-order chi connectivity index (χ1) is 9.30. The third kappa shape index (κ3) is 3.51. The molecule has 2 rings (SSSR count). The summed E-state index contributed by atoms with van der Waals surface area (Å²) in [4.78, 5) is 9.18. The van der Waals surface area contributed by atoms with Crippen LogP contribution in [0.25, 0.3) is 0 Å². The lowest BCUT2D eigenvalue weighted by Gasteiger charge is -2.34. The highest BCUT2D eigenvalue weighted by Crippen LogP contribution is 2.38. The maximum Gasteiger partial charge on any atom is 0.160 e. The minimum atomic E-state index is -0.251. The lowest BCUT2D eigenvalue weighted by atomic mass is 9.84. The number of nitrogens with zero attached hydrogens (tertiary/aromatic N) is 2. The van der Waals surface area contributed by atoms with E-state index in [1.807, 2.05) is 12.3 Å². The van der Waals surface area contributed by atoms with Crippen LogP contribution in [-0.2, 0) is 16.9 Å². The number of nitrogens with one attached hydrogen (secondary N) is 1. The predicted molar refractivity (Wildman–Crippen MR) is 75.8 cm³/mol. The van der Waals surface area contributed by atoms with Crippen molar-refractivity contribution in [2.24, 2.45) is 0 Å². The van der Waals surface area contributed by atoms with E-state index in [4.69, 9.17) is 9.72 Å². The van der Waals surface area contributed by atoms with Gasteiger partial charge in [0.05, 0.1) is 5.69 Å². The lowest BCUT2D eigenvalue weighted by Crippen LogP contribution is -2.33. The van der Waals surface area contributed by atoms with Gasteiger partial charge in [-0.1, -0.05) is 26.2 Å². The van der Waals surface area contributed by atoms with Gasteiger partial charge in [0.15, 0.2) is 5.82 Å². The van der Waals surface area contributed by atoms with E-state index in [9.17, 15) is 0 Å². The van der Waals surface area contributed by atoms with Crippen molar-refractivity contribution in [3.8, 4) is 0 Å². The molecule has 0 unspecified atom stereocenters. The first-order valence-corrected chi connectivity index (χ1v) is 7.39. The van der Waals surface area contributed by atoms with E-state index in [2.05, 4.69) is 17.2 Å². The summed E-state index contributed by atoms with van der Waals surface area (Å²) in [5.74, 6) is 0.866. The van der Waals surface area contributed by atoms with E-state index >= 15 is 0 Å². The van der Waals surface area contributed by atoms with Crippen molar-refractivity contribution in [3.63, 3.8) is 0 Å². The van der Waals surface area contributed by atoms with Crippen molar-refractivity contribution in [2.75, 3.05) is 13.7 Å². The molecule has 4 heteroatoms. The van der Waals surface area contributed by atoms with Gasteiger partial charge in [0.25, 0.3) is 0 Å². The zero-order chi connectivity index (χ0) is 13.6. The Morgan fingerprint density at radius 1 is 1.32 bits per heavy atom. The highest BCUT2D eigenvalue weighted by atomic mass is 16.5. The Balaban J connectivity index is 2.11. The van der Waals surface area contributed by atoms with Crippen LogP contribution in [-0.4, -0.2) is 23.6 Å². The maximum atomic E-state index is 5.80. The molecule has 1 aliphatic rings. The van der Waals surface area contributed by atoms with Gasteiger partial charge >= 0.3 is 0 Å². The summed E-state index contributed by atoms with van der Waals surface area (Å²) in [6, 6.07) is 1.98. The van der Waals surface area contributed by atoms with E-state index in [0.29, 0.717) is 0 Å². The van der Waals surface area contributed by atoms with Gasteiger partial charge in [-0.05, 0) is 31.9 Å². The van der Waals surface area contributed by atoms with Crippen molar-refractivity contribution in [1.82, 2.24) is 15.3 Å². The number of methoxy groups -OCH3 is 1. The van der Waals surface area contributed by atoms with Gasteiger partial charge in [0, 0.05) is 19.9 Å². The fourth-order valence-electron chi connectivity index (χ4n) is 2.75. The molecule has 4 nitrogen and oxygen atoms in total. The second-order valence-electron chi connectivity index (χ2n) is 5.31. The molecule has 1 aliphatic carbocycles. The Morgan fingerprint density at radius 3 is 2.79 bits per heavy atom. The fourth-order valence-corrected chi connectivity index (χ4v) is 2.75. The zero-order valence-corrected chi connectivity index (χ0v) is 12.1. The molecule has 106 valence electrons. The van der Waals surface area contributed by atoms with E-state index in [0.717, 1.165) is 43.9 Å². The number of rotatable bonds is 6. The molecule has 1 heterocycles. The van der Waals surface area contributed by atoms with Gasteiger partial charge in [0.1, 0.15) is 5.60 Å². The molecule has 0 aromatic carbocycles. The first kappa shape index (κ1) is 14.4. The zero-order valence-electron chi connectivity index (χ0n) is 12.1. The van der Waals surface area contributed by atoms with Crippen molar-refractivity contribution < 1.29 is 4.74 Å². The Hall–Kier alpha value is -1.00. The van der Waals surface area contributed by atoms with E-state index in [1.165, 1.54) is 19.3 Å². The van der Waals surface area contributed by atoms with Crippen molar-refractivity contribution in [1.29, 1.82) is 0 Å². The Kier molecular flexibility index (Phi) is 5.28. The summed E-state index contributed by atoms with van der Waals surface area (Å²) in [6.45, 7) is 4.00. The van der Waals surface area contributed by atoms with Gasteiger partial charge in [-0.15, -0.1) is 0 Å². The molecule has 0 spiro atoms. The molecule has 1 N–H and O–H groups in total. The molecule has 1 aromatic heterocycles. The molecule has 1 fully saturated rings. The number of hydrogen-bond donors (Lipinski definition) is 1. The van der Waals surface area contributed by atoms with Crippen molar-refractivity contribution in [3.05, 3.63) is 23.8 Å². The second kappa shape index (κ2) is 6.96. The topological polar surface area (TPSA) is 47.0 Å². The molecule has 1 saturated carbocycles. The monoisotopic (exact) mass is 263 g/mol. The average Bonchev–Trinajstić information content (AvgIpc) is 2.48. The van der Waals surface area contributed by atoms with Crippen LogP contribution in [0.5, 0.6) is 0 Å². The second-order valence-corrected chi connectivity index (χ2v) is 5.31. The quantitative estimate of drug-likeness (QED) is 0.802. The van der Waals surface area contributed by atoms with Gasteiger partial charge < -0.3 is 10.1 Å². The molecule has 0 aliphatic heterocycles. The highest BCUT2D eigenvalue weighted by molar-refractivity contribution is 5.09. The number of aromatic nitrogens is 2.